The average molecular weight is 341 g/mol. The number of fused-ring (bicyclic) bond motifs is 1. The van der Waals surface area contributed by atoms with Crippen LogP contribution >= 0.6 is 15.9 Å². The van der Waals surface area contributed by atoms with Gasteiger partial charge in [-0.1, -0.05) is 30.3 Å². The summed E-state index contributed by atoms with van der Waals surface area (Å²) < 4.78 is 0.922. The van der Waals surface area contributed by atoms with E-state index < -0.39 is 0 Å². The Morgan fingerprint density at radius 1 is 1.05 bits per heavy atom. The molecule has 0 saturated heterocycles. The quantitative estimate of drug-likeness (QED) is 0.743. The van der Waals surface area contributed by atoms with E-state index in [-0.39, 0.29) is 5.91 Å². The number of halogens is 1. The van der Waals surface area contributed by atoms with Crippen LogP contribution in [-0.4, -0.2) is 10.9 Å². The number of rotatable bonds is 2. The molecule has 0 bridgehead atoms. The number of nitrogens with zero attached hydrogens (tertiary/aromatic N) is 1. The third-order valence-corrected chi connectivity index (χ3v) is 4.11. The second-order valence-corrected chi connectivity index (χ2v) is 5.63. The van der Waals surface area contributed by atoms with Crippen molar-refractivity contribution in [1.29, 1.82) is 0 Å². The van der Waals surface area contributed by atoms with Crippen LogP contribution in [-0.2, 0) is 0 Å². The zero-order valence-electron chi connectivity index (χ0n) is 11.4. The van der Waals surface area contributed by atoms with Gasteiger partial charge < -0.3 is 5.32 Å². The van der Waals surface area contributed by atoms with E-state index in [2.05, 4.69) is 26.2 Å². The number of amides is 1. The minimum absolute atomic E-state index is 0.157. The fourth-order valence-electron chi connectivity index (χ4n) is 2.13. The number of nitrogens with one attached hydrogen (secondary N) is 1. The molecule has 2 aromatic carbocycles. The number of hydrogen-bond donors (Lipinski definition) is 1. The van der Waals surface area contributed by atoms with E-state index in [1.807, 2.05) is 55.5 Å². The summed E-state index contributed by atoms with van der Waals surface area (Å²) in [5.74, 6) is 0.392. The van der Waals surface area contributed by atoms with Crippen LogP contribution < -0.4 is 5.32 Å². The number of aromatic nitrogens is 1. The van der Waals surface area contributed by atoms with Crippen LogP contribution in [0.4, 0.5) is 5.82 Å². The molecule has 0 radical (unpaired) electrons. The summed E-state index contributed by atoms with van der Waals surface area (Å²) in [7, 11) is 0. The number of benzene rings is 2. The second-order valence-electron chi connectivity index (χ2n) is 4.78. The molecule has 0 unspecified atom stereocenters. The average Bonchev–Trinajstić information content (AvgIpc) is 2.50. The van der Waals surface area contributed by atoms with Crippen molar-refractivity contribution >= 4 is 38.4 Å². The topological polar surface area (TPSA) is 42.0 Å². The molecule has 0 saturated carbocycles. The Balaban J connectivity index is 1.87. The van der Waals surface area contributed by atoms with Crippen molar-refractivity contribution in [3.05, 3.63) is 70.3 Å². The summed E-state index contributed by atoms with van der Waals surface area (Å²) in [6.45, 7) is 1.88. The van der Waals surface area contributed by atoms with E-state index >= 15 is 0 Å². The van der Waals surface area contributed by atoms with Gasteiger partial charge in [0.15, 0.2) is 0 Å². The molecule has 4 heteroatoms. The van der Waals surface area contributed by atoms with Crippen LogP contribution in [0.5, 0.6) is 0 Å². The van der Waals surface area contributed by atoms with E-state index in [4.69, 9.17) is 0 Å². The molecule has 0 fully saturated rings. The van der Waals surface area contributed by atoms with Gasteiger partial charge in [0.1, 0.15) is 5.82 Å². The molecule has 0 aliphatic rings. The molecule has 0 atom stereocenters. The molecule has 0 spiro atoms. The zero-order valence-corrected chi connectivity index (χ0v) is 13.0. The van der Waals surface area contributed by atoms with E-state index in [0.29, 0.717) is 11.4 Å². The third-order valence-electron chi connectivity index (χ3n) is 3.27. The number of anilines is 1. The van der Waals surface area contributed by atoms with Gasteiger partial charge in [-0.2, -0.15) is 0 Å². The van der Waals surface area contributed by atoms with Crippen LogP contribution in [0.25, 0.3) is 10.8 Å². The molecule has 104 valence electrons. The first kappa shape index (κ1) is 13.8. The summed E-state index contributed by atoms with van der Waals surface area (Å²) >= 11 is 3.39. The minimum atomic E-state index is -0.157. The van der Waals surface area contributed by atoms with Gasteiger partial charge in [-0.15, -0.1) is 0 Å². The monoisotopic (exact) mass is 340 g/mol. The van der Waals surface area contributed by atoms with E-state index in [1.54, 1.807) is 6.07 Å². The highest BCUT2D eigenvalue weighted by atomic mass is 79.9. The molecule has 3 rings (SSSR count). The van der Waals surface area contributed by atoms with Crippen LogP contribution in [0.1, 0.15) is 16.1 Å². The molecule has 0 aliphatic carbocycles. The normalized spacial score (nSPS) is 10.6. The van der Waals surface area contributed by atoms with Gasteiger partial charge in [0, 0.05) is 10.0 Å². The van der Waals surface area contributed by atoms with E-state index in [9.17, 15) is 4.79 Å². The highest BCUT2D eigenvalue weighted by Gasteiger charge is 2.08. The maximum Gasteiger partial charge on any atom is 0.256 e. The SMILES string of the molecule is Cc1nc(NC(=O)c2ccc3ccccc3c2)ccc1Br. The lowest BCUT2D eigenvalue weighted by Gasteiger charge is -2.07. The first-order valence-corrected chi connectivity index (χ1v) is 7.36. The zero-order chi connectivity index (χ0) is 14.8. The van der Waals surface area contributed by atoms with Gasteiger partial charge in [0.2, 0.25) is 0 Å². The predicted octanol–water partition coefficient (Wildman–Crippen LogP) is 4.56. The van der Waals surface area contributed by atoms with Crippen molar-refractivity contribution in [3.63, 3.8) is 0 Å². The Bertz CT molecular complexity index is 830. The number of aryl methyl sites for hydroxylation is 1. The predicted molar refractivity (Wildman–Crippen MR) is 88.6 cm³/mol. The van der Waals surface area contributed by atoms with Crippen LogP contribution in [0.15, 0.2) is 59.1 Å². The fraction of sp³-hybridized carbons (Fsp3) is 0.0588. The number of carbonyl (C=O) groups is 1. The smallest absolute Gasteiger partial charge is 0.256 e. The molecule has 3 nitrogen and oxygen atoms in total. The molecule has 1 heterocycles. The van der Waals surface area contributed by atoms with Crippen molar-refractivity contribution in [3.8, 4) is 0 Å². The fourth-order valence-corrected chi connectivity index (χ4v) is 2.35. The Kier molecular flexibility index (Phi) is 3.71. The summed E-state index contributed by atoms with van der Waals surface area (Å²) in [4.78, 5) is 16.6. The molecule has 1 aromatic heterocycles. The van der Waals surface area contributed by atoms with Crippen LogP contribution in [0.3, 0.4) is 0 Å². The van der Waals surface area contributed by atoms with Gasteiger partial charge >= 0.3 is 0 Å². The van der Waals surface area contributed by atoms with Crippen molar-refractivity contribution in [1.82, 2.24) is 4.98 Å². The van der Waals surface area contributed by atoms with Gasteiger partial charge in [0.25, 0.3) is 5.91 Å². The molecule has 21 heavy (non-hydrogen) atoms. The number of carbonyl (C=O) groups excluding carboxylic acids is 1. The number of pyridine rings is 1. The van der Waals surface area contributed by atoms with Crippen molar-refractivity contribution in [2.75, 3.05) is 5.32 Å². The molecule has 3 aromatic rings. The van der Waals surface area contributed by atoms with E-state index in [0.717, 1.165) is 20.9 Å². The van der Waals surface area contributed by atoms with Gasteiger partial charge in [0.05, 0.1) is 5.69 Å². The first-order chi connectivity index (χ1) is 10.1. The second kappa shape index (κ2) is 5.66. The highest BCUT2D eigenvalue weighted by molar-refractivity contribution is 9.10. The first-order valence-electron chi connectivity index (χ1n) is 6.57. The lowest BCUT2D eigenvalue weighted by molar-refractivity contribution is 0.102. The van der Waals surface area contributed by atoms with E-state index in [1.165, 1.54) is 0 Å². The lowest BCUT2D eigenvalue weighted by atomic mass is 10.1. The summed E-state index contributed by atoms with van der Waals surface area (Å²) in [5.41, 5.74) is 1.46. The van der Waals surface area contributed by atoms with Crippen molar-refractivity contribution < 1.29 is 4.79 Å². The third kappa shape index (κ3) is 2.95. The standard InChI is InChI=1S/C17H13BrN2O/c1-11-15(18)8-9-16(19-11)20-17(21)14-7-6-12-4-2-3-5-13(12)10-14/h2-10H,1H3,(H,19,20,21). The van der Waals surface area contributed by atoms with Gasteiger partial charge in [-0.05, 0) is 57.9 Å². The molecule has 1 N–H and O–H groups in total. The molecule has 1 amide bonds. The van der Waals surface area contributed by atoms with Gasteiger partial charge in [-0.3, -0.25) is 4.79 Å². The largest absolute Gasteiger partial charge is 0.307 e. The van der Waals surface area contributed by atoms with Crippen molar-refractivity contribution in [2.24, 2.45) is 0 Å². The Morgan fingerprint density at radius 3 is 2.57 bits per heavy atom. The summed E-state index contributed by atoms with van der Waals surface area (Å²) in [6, 6.07) is 17.3. The summed E-state index contributed by atoms with van der Waals surface area (Å²) in [5, 5.41) is 4.98. The maximum atomic E-state index is 12.3. The highest BCUT2D eigenvalue weighted by Crippen LogP contribution is 2.18. The molecular formula is C17H13BrN2O. The minimum Gasteiger partial charge on any atom is -0.307 e. The Hall–Kier alpha value is -2.20. The maximum absolute atomic E-state index is 12.3. The lowest BCUT2D eigenvalue weighted by Crippen LogP contribution is -2.13. The van der Waals surface area contributed by atoms with Crippen LogP contribution in [0.2, 0.25) is 0 Å². The number of hydrogen-bond acceptors (Lipinski definition) is 2. The molecular weight excluding hydrogens is 328 g/mol. The van der Waals surface area contributed by atoms with Crippen LogP contribution in [0, 0.1) is 6.92 Å². The molecule has 0 aliphatic heterocycles. The summed E-state index contributed by atoms with van der Waals surface area (Å²) in [6.07, 6.45) is 0. The Labute approximate surface area is 131 Å². The van der Waals surface area contributed by atoms with Gasteiger partial charge in [-0.25, -0.2) is 4.98 Å². The van der Waals surface area contributed by atoms with Crippen molar-refractivity contribution in [2.45, 2.75) is 6.92 Å². The Morgan fingerprint density at radius 2 is 1.81 bits per heavy atom.